The molecule has 0 bridgehead atoms. The first kappa shape index (κ1) is 13.0. The normalized spacial score (nSPS) is 19.4. The lowest BCUT2D eigenvalue weighted by Crippen LogP contribution is -2.37. The molecule has 1 fully saturated rings. The molecule has 0 unspecified atom stereocenters. The van der Waals surface area contributed by atoms with E-state index in [0.29, 0.717) is 11.3 Å². The van der Waals surface area contributed by atoms with E-state index in [9.17, 15) is 0 Å². The zero-order chi connectivity index (χ0) is 12.5. The largest absolute Gasteiger partial charge is 0.371 e. The van der Waals surface area contributed by atoms with Gasteiger partial charge in [0, 0.05) is 29.7 Å². The van der Waals surface area contributed by atoms with Gasteiger partial charge in [-0.1, -0.05) is 25.4 Å². The van der Waals surface area contributed by atoms with Crippen molar-refractivity contribution in [2.75, 3.05) is 18.0 Å². The molecule has 1 nitrogen and oxygen atoms in total. The van der Waals surface area contributed by atoms with E-state index in [-0.39, 0.29) is 0 Å². The molecule has 1 aliphatic rings. The smallest absolute Gasteiger partial charge is 0.0495 e. The topological polar surface area (TPSA) is 3.24 Å². The molecular weight excluding hydrogens is 253 g/mol. The molecule has 0 atom stereocenters. The number of benzene rings is 1. The van der Waals surface area contributed by atoms with E-state index < -0.39 is 0 Å². The fraction of sp³-hybridized carbons (Fsp3) is 0.571. The second-order valence-electron chi connectivity index (χ2n) is 5.56. The first-order valence-electron chi connectivity index (χ1n) is 6.11. The maximum Gasteiger partial charge on any atom is 0.0495 e. The number of anilines is 1. The van der Waals surface area contributed by atoms with Gasteiger partial charge in [-0.3, -0.25) is 0 Å². The van der Waals surface area contributed by atoms with Crippen molar-refractivity contribution in [2.45, 2.75) is 32.6 Å². The predicted molar refractivity (Wildman–Crippen MR) is 76.2 cm³/mol. The van der Waals surface area contributed by atoms with Crippen molar-refractivity contribution in [3.05, 3.63) is 28.8 Å². The molecular formula is C14H19Cl2N. The highest BCUT2D eigenvalue weighted by Gasteiger charge is 2.26. The first-order chi connectivity index (χ1) is 8.02. The van der Waals surface area contributed by atoms with Gasteiger partial charge in [-0.2, -0.15) is 0 Å². The minimum absolute atomic E-state index is 0.476. The quantitative estimate of drug-likeness (QED) is 0.705. The number of alkyl halides is 1. The average molecular weight is 272 g/mol. The lowest BCUT2D eigenvalue weighted by atomic mass is 9.82. The summed E-state index contributed by atoms with van der Waals surface area (Å²) < 4.78 is 0. The highest BCUT2D eigenvalue weighted by atomic mass is 35.5. The van der Waals surface area contributed by atoms with Crippen LogP contribution in [0.25, 0.3) is 0 Å². The van der Waals surface area contributed by atoms with E-state index >= 15 is 0 Å². The Labute approximate surface area is 114 Å². The molecule has 3 heteroatoms. The molecule has 0 spiro atoms. The Kier molecular flexibility index (Phi) is 3.89. The van der Waals surface area contributed by atoms with Gasteiger partial charge < -0.3 is 4.90 Å². The molecule has 2 rings (SSSR count). The van der Waals surface area contributed by atoms with Crippen LogP contribution in [0.3, 0.4) is 0 Å². The molecule has 0 aliphatic carbocycles. The second kappa shape index (κ2) is 5.07. The Balaban J connectivity index is 2.18. The molecule has 94 valence electrons. The number of hydrogen-bond donors (Lipinski definition) is 0. The van der Waals surface area contributed by atoms with Gasteiger partial charge in [-0.15, -0.1) is 11.6 Å². The standard InChI is InChI=1S/C14H19Cl2N/c1-14(2)5-7-17(8-6-14)13-4-3-12(16)9-11(13)10-15/h3-4,9H,5-8,10H2,1-2H3. The minimum atomic E-state index is 0.476. The average Bonchev–Trinajstić information content (AvgIpc) is 2.29. The van der Waals surface area contributed by atoms with Crippen LogP contribution in [0.1, 0.15) is 32.3 Å². The molecule has 0 radical (unpaired) electrons. The van der Waals surface area contributed by atoms with Crippen molar-refractivity contribution in [3.8, 4) is 0 Å². The van der Waals surface area contributed by atoms with Crippen LogP contribution in [0.15, 0.2) is 18.2 Å². The summed E-state index contributed by atoms with van der Waals surface area (Å²) in [5.41, 5.74) is 2.86. The zero-order valence-electron chi connectivity index (χ0n) is 10.5. The Morgan fingerprint density at radius 3 is 2.47 bits per heavy atom. The van der Waals surface area contributed by atoms with Crippen LogP contribution in [0.2, 0.25) is 5.02 Å². The fourth-order valence-electron chi connectivity index (χ4n) is 2.32. The van der Waals surface area contributed by atoms with Crippen LogP contribution in [-0.4, -0.2) is 13.1 Å². The van der Waals surface area contributed by atoms with Crippen molar-refractivity contribution in [1.82, 2.24) is 0 Å². The van der Waals surface area contributed by atoms with E-state index in [1.165, 1.54) is 18.5 Å². The molecule has 0 N–H and O–H groups in total. The Hall–Kier alpha value is -0.400. The van der Waals surface area contributed by atoms with E-state index in [1.54, 1.807) is 0 Å². The van der Waals surface area contributed by atoms with Gasteiger partial charge in [-0.25, -0.2) is 0 Å². The zero-order valence-corrected chi connectivity index (χ0v) is 12.0. The van der Waals surface area contributed by atoms with Crippen LogP contribution in [0.4, 0.5) is 5.69 Å². The van der Waals surface area contributed by atoms with Crippen molar-refractivity contribution >= 4 is 28.9 Å². The van der Waals surface area contributed by atoms with E-state index in [2.05, 4.69) is 24.8 Å². The first-order valence-corrected chi connectivity index (χ1v) is 7.02. The van der Waals surface area contributed by atoms with Crippen LogP contribution in [-0.2, 0) is 5.88 Å². The predicted octanol–water partition coefficient (Wildman–Crippen LogP) is 4.71. The maximum atomic E-state index is 6.00. The molecule has 1 aromatic rings. The van der Waals surface area contributed by atoms with Crippen LogP contribution < -0.4 is 4.90 Å². The van der Waals surface area contributed by atoms with Gasteiger partial charge in [0.05, 0.1) is 0 Å². The Morgan fingerprint density at radius 2 is 1.88 bits per heavy atom. The summed E-state index contributed by atoms with van der Waals surface area (Å²) in [6.45, 7) is 6.90. The highest BCUT2D eigenvalue weighted by Crippen LogP contribution is 2.34. The highest BCUT2D eigenvalue weighted by molar-refractivity contribution is 6.30. The Bertz CT molecular complexity index is 391. The number of hydrogen-bond acceptors (Lipinski definition) is 1. The van der Waals surface area contributed by atoms with Gasteiger partial charge in [0.1, 0.15) is 0 Å². The van der Waals surface area contributed by atoms with Gasteiger partial charge in [-0.05, 0) is 42.0 Å². The summed E-state index contributed by atoms with van der Waals surface area (Å²) in [6.07, 6.45) is 2.47. The van der Waals surface area contributed by atoms with Crippen molar-refractivity contribution < 1.29 is 0 Å². The Morgan fingerprint density at radius 1 is 1.24 bits per heavy atom. The minimum Gasteiger partial charge on any atom is -0.371 e. The molecule has 1 saturated heterocycles. The molecule has 1 aromatic carbocycles. The van der Waals surface area contributed by atoms with Crippen molar-refractivity contribution in [3.63, 3.8) is 0 Å². The van der Waals surface area contributed by atoms with E-state index in [0.717, 1.165) is 23.7 Å². The summed E-state index contributed by atoms with van der Waals surface area (Å²) in [5.74, 6) is 0.524. The summed E-state index contributed by atoms with van der Waals surface area (Å²) in [7, 11) is 0. The van der Waals surface area contributed by atoms with Crippen molar-refractivity contribution in [1.29, 1.82) is 0 Å². The van der Waals surface area contributed by atoms with Crippen molar-refractivity contribution in [2.24, 2.45) is 5.41 Å². The summed E-state index contributed by atoms with van der Waals surface area (Å²) in [5, 5.41) is 0.765. The molecule has 17 heavy (non-hydrogen) atoms. The number of halogens is 2. The summed E-state index contributed by atoms with van der Waals surface area (Å²) >= 11 is 12.0. The van der Waals surface area contributed by atoms with E-state index in [1.807, 2.05) is 12.1 Å². The fourth-order valence-corrected chi connectivity index (χ4v) is 2.73. The SMILES string of the molecule is CC1(C)CCN(c2ccc(Cl)cc2CCl)CC1. The molecule has 0 saturated carbocycles. The maximum absolute atomic E-state index is 6.00. The van der Waals surface area contributed by atoms with Crippen LogP contribution in [0.5, 0.6) is 0 Å². The lowest BCUT2D eigenvalue weighted by molar-refractivity contribution is 0.279. The third-order valence-corrected chi connectivity index (χ3v) is 4.17. The van der Waals surface area contributed by atoms with Gasteiger partial charge in [0.2, 0.25) is 0 Å². The van der Waals surface area contributed by atoms with Crippen LogP contribution in [0, 0.1) is 5.41 Å². The monoisotopic (exact) mass is 271 g/mol. The second-order valence-corrected chi connectivity index (χ2v) is 6.26. The molecule has 1 aliphatic heterocycles. The number of rotatable bonds is 2. The van der Waals surface area contributed by atoms with Crippen LogP contribution >= 0.6 is 23.2 Å². The third kappa shape index (κ3) is 3.08. The number of piperidine rings is 1. The van der Waals surface area contributed by atoms with E-state index in [4.69, 9.17) is 23.2 Å². The lowest BCUT2D eigenvalue weighted by Gasteiger charge is -2.39. The number of nitrogens with zero attached hydrogens (tertiary/aromatic N) is 1. The van der Waals surface area contributed by atoms with Gasteiger partial charge in [0.15, 0.2) is 0 Å². The third-order valence-electron chi connectivity index (χ3n) is 3.64. The molecule has 1 heterocycles. The summed E-state index contributed by atoms with van der Waals surface area (Å²) in [4.78, 5) is 2.43. The molecule has 0 aromatic heterocycles. The molecule has 0 amide bonds. The van der Waals surface area contributed by atoms with Gasteiger partial charge in [0.25, 0.3) is 0 Å². The van der Waals surface area contributed by atoms with Gasteiger partial charge >= 0.3 is 0 Å². The summed E-state index contributed by atoms with van der Waals surface area (Å²) in [6, 6.07) is 6.02.